The summed E-state index contributed by atoms with van der Waals surface area (Å²) in [6.45, 7) is 3.36. The zero-order chi connectivity index (χ0) is 14.2. The molecule has 1 atom stereocenters. The average Bonchev–Trinajstić information content (AvgIpc) is 3.33. The van der Waals surface area contributed by atoms with Crippen LogP contribution in [0.2, 0.25) is 0 Å². The second-order valence-corrected chi connectivity index (χ2v) is 7.95. The minimum atomic E-state index is -3.37. The number of aromatic amines is 1. The van der Waals surface area contributed by atoms with Gasteiger partial charge in [-0.25, -0.2) is 13.1 Å². The van der Waals surface area contributed by atoms with Gasteiger partial charge in [0.05, 0.1) is 4.90 Å². The minimum Gasteiger partial charge on any atom is -0.363 e. The Morgan fingerprint density at radius 3 is 2.75 bits per heavy atom. The maximum Gasteiger partial charge on any atom is 0.242 e. The summed E-state index contributed by atoms with van der Waals surface area (Å²) in [7, 11) is -3.37. The summed E-state index contributed by atoms with van der Waals surface area (Å²) in [5.41, 5.74) is 0.924. The summed E-state index contributed by atoms with van der Waals surface area (Å²) in [6, 6.07) is 2.34. The van der Waals surface area contributed by atoms with Crippen molar-refractivity contribution in [1.29, 1.82) is 0 Å². The average molecular weight is 297 g/mol. The van der Waals surface area contributed by atoms with E-state index in [1.54, 1.807) is 12.3 Å². The molecule has 5 nitrogen and oxygen atoms in total. The lowest BCUT2D eigenvalue weighted by Gasteiger charge is -2.10. The van der Waals surface area contributed by atoms with Gasteiger partial charge in [-0.1, -0.05) is 6.92 Å². The molecule has 3 N–H and O–H groups in total. The normalized spacial score (nSPS) is 21.1. The van der Waals surface area contributed by atoms with Gasteiger partial charge in [-0.05, 0) is 43.6 Å². The maximum absolute atomic E-state index is 12.2. The van der Waals surface area contributed by atoms with Crippen LogP contribution in [-0.4, -0.2) is 26.0 Å². The van der Waals surface area contributed by atoms with Crippen molar-refractivity contribution in [3.8, 4) is 0 Å². The molecule has 1 heterocycles. The van der Waals surface area contributed by atoms with Gasteiger partial charge < -0.3 is 10.3 Å². The van der Waals surface area contributed by atoms with E-state index in [2.05, 4.69) is 21.9 Å². The van der Waals surface area contributed by atoms with Gasteiger partial charge in [0.25, 0.3) is 0 Å². The SMILES string of the molecule is CC(CNS(=O)(=O)c1c[nH]c(CNC2CC2)c1)C1CC1. The molecule has 1 aromatic rings. The van der Waals surface area contributed by atoms with E-state index in [1.807, 2.05) is 0 Å². The van der Waals surface area contributed by atoms with Crippen LogP contribution in [-0.2, 0) is 16.6 Å². The molecule has 1 unspecified atom stereocenters. The minimum absolute atomic E-state index is 0.341. The predicted molar refractivity (Wildman–Crippen MR) is 77.7 cm³/mol. The van der Waals surface area contributed by atoms with Crippen molar-refractivity contribution < 1.29 is 8.42 Å². The Morgan fingerprint density at radius 1 is 1.35 bits per heavy atom. The van der Waals surface area contributed by atoms with Crippen molar-refractivity contribution in [1.82, 2.24) is 15.0 Å². The van der Waals surface area contributed by atoms with Gasteiger partial charge in [-0.2, -0.15) is 0 Å². The van der Waals surface area contributed by atoms with Crippen LogP contribution < -0.4 is 10.0 Å². The van der Waals surface area contributed by atoms with Crippen LogP contribution >= 0.6 is 0 Å². The van der Waals surface area contributed by atoms with E-state index in [-0.39, 0.29) is 0 Å². The molecule has 3 rings (SSSR count). The van der Waals surface area contributed by atoms with Crippen molar-refractivity contribution in [3.05, 3.63) is 18.0 Å². The number of rotatable bonds is 8. The van der Waals surface area contributed by atoms with Crippen LogP contribution in [0.4, 0.5) is 0 Å². The zero-order valence-corrected chi connectivity index (χ0v) is 12.7. The lowest BCUT2D eigenvalue weighted by Crippen LogP contribution is -2.28. The van der Waals surface area contributed by atoms with Gasteiger partial charge in [-0.15, -0.1) is 0 Å². The molecule has 6 heteroatoms. The highest BCUT2D eigenvalue weighted by molar-refractivity contribution is 7.89. The van der Waals surface area contributed by atoms with E-state index in [1.165, 1.54) is 25.7 Å². The van der Waals surface area contributed by atoms with Gasteiger partial charge in [0, 0.05) is 31.0 Å². The highest BCUT2D eigenvalue weighted by Crippen LogP contribution is 2.36. The van der Waals surface area contributed by atoms with E-state index < -0.39 is 10.0 Å². The Bertz CT molecular complexity index is 559. The van der Waals surface area contributed by atoms with Crippen molar-refractivity contribution in [2.45, 2.75) is 50.1 Å². The van der Waals surface area contributed by atoms with Crippen molar-refractivity contribution in [3.63, 3.8) is 0 Å². The Balaban J connectivity index is 1.55. The van der Waals surface area contributed by atoms with Gasteiger partial charge in [0.15, 0.2) is 0 Å². The lowest BCUT2D eigenvalue weighted by molar-refractivity contribution is 0.492. The fourth-order valence-corrected chi connectivity index (χ4v) is 3.53. The van der Waals surface area contributed by atoms with Crippen LogP contribution in [0.1, 0.15) is 38.3 Å². The van der Waals surface area contributed by atoms with Crippen LogP contribution in [0, 0.1) is 11.8 Å². The molecule has 112 valence electrons. The quantitative estimate of drug-likeness (QED) is 0.682. The molecular formula is C14H23N3O2S. The topological polar surface area (TPSA) is 74.0 Å². The molecule has 0 radical (unpaired) electrons. The Kier molecular flexibility index (Phi) is 3.88. The first-order valence-electron chi connectivity index (χ1n) is 7.45. The molecule has 0 amide bonds. The third-order valence-corrected chi connectivity index (χ3v) is 5.61. The third kappa shape index (κ3) is 3.62. The monoisotopic (exact) mass is 297 g/mol. The first kappa shape index (κ1) is 14.1. The first-order chi connectivity index (χ1) is 9.54. The van der Waals surface area contributed by atoms with Gasteiger partial charge in [0.1, 0.15) is 0 Å². The second-order valence-electron chi connectivity index (χ2n) is 6.18. The number of nitrogens with one attached hydrogen (secondary N) is 3. The van der Waals surface area contributed by atoms with E-state index >= 15 is 0 Å². The molecule has 2 aliphatic rings. The number of aromatic nitrogens is 1. The van der Waals surface area contributed by atoms with Crippen LogP contribution in [0.5, 0.6) is 0 Å². The van der Waals surface area contributed by atoms with Crippen molar-refractivity contribution >= 4 is 10.0 Å². The molecule has 1 aromatic heterocycles. The number of sulfonamides is 1. The number of hydrogen-bond donors (Lipinski definition) is 3. The fraction of sp³-hybridized carbons (Fsp3) is 0.714. The van der Waals surface area contributed by atoms with E-state index in [4.69, 9.17) is 0 Å². The standard InChI is InChI=1S/C14H23N3O2S/c1-10(11-2-3-11)7-17-20(18,19)14-6-13(16-9-14)8-15-12-4-5-12/h6,9-12,15-17H,2-5,7-8H2,1H3. The molecule has 2 fully saturated rings. The third-order valence-electron chi connectivity index (χ3n) is 4.21. The summed E-state index contributed by atoms with van der Waals surface area (Å²) in [5, 5.41) is 3.36. The molecule has 20 heavy (non-hydrogen) atoms. The van der Waals surface area contributed by atoms with Crippen LogP contribution in [0.3, 0.4) is 0 Å². The van der Waals surface area contributed by atoms with Crippen LogP contribution in [0.25, 0.3) is 0 Å². The maximum atomic E-state index is 12.2. The summed E-state index contributed by atoms with van der Waals surface area (Å²) in [4.78, 5) is 3.38. The lowest BCUT2D eigenvalue weighted by atomic mass is 10.1. The highest BCUT2D eigenvalue weighted by atomic mass is 32.2. The molecular weight excluding hydrogens is 274 g/mol. The van der Waals surface area contributed by atoms with E-state index in [9.17, 15) is 8.42 Å². The van der Waals surface area contributed by atoms with Gasteiger partial charge in [-0.3, -0.25) is 0 Å². The zero-order valence-electron chi connectivity index (χ0n) is 11.9. The summed E-state index contributed by atoms with van der Waals surface area (Å²) >= 11 is 0. The van der Waals surface area contributed by atoms with Crippen molar-refractivity contribution in [2.24, 2.45) is 11.8 Å². The summed E-state index contributed by atoms with van der Waals surface area (Å²) in [5.74, 6) is 1.14. The molecule has 2 saturated carbocycles. The second kappa shape index (κ2) is 5.50. The van der Waals surface area contributed by atoms with E-state index in [0.717, 1.165) is 5.69 Å². The molecule has 0 bridgehead atoms. The summed E-state index contributed by atoms with van der Waals surface area (Å²) < 4.78 is 27.1. The van der Waals surface area contributed by atoms with Gasteiger partial charge in [0.2, 0.25) is 10.0 Å². The largest absolute Gasteiger partial charge is 0.363 e. The van der Waals surface area contributed by atoms with Crippen molar-refractivity contribution in [2.75, 3.05) is 6.54 Å². The Labute approximate surface area is 120 Å². The first-order valence-corrected chi connectivity index (χ1v) is 8.93. The Morgan fingerprint density at radius 2 is 2.10 bits per heavy atom. The molecule has 2 aliphatic carbocycles. The highest BCUT2D eigenvalue weighted by Gasteiger charge is 2.29. The van der Waals surface area contributed by atoms with Gasteiger partial charge >= 0.3 is 0 Å². The molecule has 0 aliphatic heterocycles. The van der Waals surface area contributed by atoms with Crippen LogP contribution in [0.15, 0.2) is 17.2 Å². The number of hydrogen-bond acceptors (Lipinski definition) is 3. The molecule has 0 aromatic carbocycles. The molecule has 0 spiro atoms. The smallest absolute Gasteiger partial charge is 0.242 e. The Hall–Kier alpha value is -0.850. The van der Waals surface area contributed by atoms with E-state index in [0.29, 0.717) is 35.9 Å². The number of H-pyrrole nitrogens is 1. The predicted octanol–water partition coefficient (Wildman–Crippen LogP) is 1.59. The fourth-order valence-electron chi connectivity index (χ4n) is 2.37. The summed E-state index contributed by atoms with van der Waals surface area (Å²) in [6.07, 6.45) is 6.51. The molecule has 0 saturated heterocycles.